The van der Waals surface area contributed by atoms with Crippen LogP contribution >= 0.6 is 0 Å². The molecule has 1 aromatic heterocycles. The Hall–Kier alpha value is -2.21. The minimum atomic E-state index is -0.944. The number of halogens is 1. The maximum Gasteiger partial charge on any atom is 0.307 e. The standard InChI is InChI=1S/C16H19FN2O3/c1-10-12(9-15(20)21)16(18-6-3-7-22-2)13-8-11(17)4-5-14(13)19-10/h4-5,8H,3,6-7,9H2,1-2H3,(H,18,19)(H,20,21). The van der Waals surface area contributed by atoms with E-state index in [2.05, 4.69) is 10.3 Å². The molecule has 2 N–H and O–H groups in total. The number of carbonyl (C=O) groups is 1. The summed E-state index contributed by atoms with van der Waals surface area (Å²) in [7, 11) is 1.62. The van der Waals surface area contributed by atoms with Crippen LogP contribution in [0.3, 0.4) is 0 Å². The summed E-state index contributed by atoms with van der Waals surface area (Å²) in [4.78, 5) is 15.5. The van der Waals surface area contributed by atoms with Crippen molar-refractivity contribution in [2.24, 2.45) is 0 Å². The molecule has 2 rings (SSSR count). The molecule has 0 atom stereocenters. The molecule has 0 aliphatic carbocycles. The molecule has 118 valence electrons. The van der Waals surface area contributed by atoms with Crippen LogP contribution in [0.4, 0.5) is 10.1 Å². The van der Waals surface area contributed by atoms with Crippen LogP contribution in [-0.2, 0) is 16.0 Å². The number of hydrogen-bond donors (Lipinski definition) is 2. The summed E-state index contributed by atoms with van der Waals surface area (Å²) in [6.07, 6.45) is 0.610. The van der Waals surface area contributed by atoms with Gasteiger partial charge in [-0.1, -0.05) is 0 Å². The van der Waals surface area contributed by atoms with Crippen LogP contribution in [0.5, 0.6) is 0 Å². The monoisotopic (exact) mass is 306 g/mol. The van der Waals surface area contributed by atoms with Crippen molar-refractivity contribution in [3.63, 3.8) is 0 Å². The largest absolute Gasteiger partial charge is 0.481 e. The van der Waals surface area contributed by atoms with E-state index in [4.69, 9.17) is 9.84 Å². The van der Waals surface area contributed by atoms with Crippen LogP contribution < -0.4 is 5.32 Å². The van der Waals surface area contributed by atoms with E-state index < -0.39 is 5.97 Å². The number of rotatable bonds is 7. The molecule has 0 fully saturated rings. The highest BCUT2D eigenvalue weighted by molar-refractivity contribution is 5.94. The molecule has 0 radical (unpaired) electrons. The van der Waals surface area contributed by atoms with Crippen molar-refractivity contribution in [1.29, 1.82) is 0 Å². The molecular formula is C16H19FN2O3. The van der Waals surface area contributed by atoms with E-state index in [0.29, 0.717) is 41.0 Å². The fourth-order valence-corrected chi connectivity index (χ4v) is 2.40. The van der Waals surface area contributed by atoms with Gasteiger partial charge in [-0.2, -0.15) is 0 Å². The molecule has 2 aromatic rings. The summed E-state index contributed by atoms with van der Waals surface area (Å²) in [5.41, 5.74) is 2.50. The lowest BCUT2D eigenvalue weighted by Gasteiger charge is -2.16. The Bertz CT molecular complexity index is 689. The molecule has 0 aliphatic rings. The summed E-state index contributed by atoms with van der Waals surface area (Å²) >= 11 is 0. The number of benzene rings is 1. The van der Waals surface area contributed by atoms with E-state index in [1.54, 1.807) is 20.1 Å². The zero-order valence-corrected chi connectivity index (χ0v) is 12.6. The third-order valence-electron chi connectivity index (χ3n) is 3.41. The van der Waals surface area contributed by atoms with Crippen molar-refractivity contribution < 1.29 is 19.0 Å². The van der Waals surface area contributed by atoms with Gasteiger partial charge in [-0.05, 0) is 31.5 Å². The third-order valence-corrected chi connectivity index (χ3v) is 3.41. The SMILES string of the molecule is COCCCNc1c(CC(=O)O)c(C)nc2ccc(F)cc12. The van der Waals surface area contributed by atoms with E-state index in [9.17, 15) is 9.18 Å². The molecule has 0 bridgehead atoms. The fourth-order valence-electron chi connectivity index (χ4n) is 2.40. The number of ether oxygens (including phenoxy) is 1. The normalized spacial score (nSPS) is 10.9. The second-order valence-electron chi connectivity index (χ2n) is 5.06. The Morgan fingerprint density at radius 3 is 2.91 bits per heavy atom. The lowest BCUT2D eigenvalue weighted by molar-refractivity contribution is -0.136. The van der Waals surface area contributed by atoms with Crippen molar-refractivity contribution in [2.75, 3.05) is 25.6 Å². The molecule has 6 heteroatoms. The number of carboxylic acids is 1. The molecule has 0 saturated heterocycles. The van der Waals surface area contributed by atoms with Gasteiger partial charge in [-0.15, -0.1) is 0 Å². The highest BCUT2D eigenvalue weighted by Crippen LogP contribution is 2.29. The molecule has 0 spiro atoms. The first-order chi connectivity index (χ1) is 10.5. The lowest BCUT2D eigenvalue weighted by Crippen LogP contribution is -2.12. The first kappa shape index (κ1) is 16.2. The number of anilines is 1. The molecule has 0 saturated carbocycles. The number of aromatic nitrogens is 1. The van der Waals surface area contributed by atoms with Crippen molar-refractivity contribution in [3.05, 3.63) is 35.3 Å². The van der Waals surface area contributed by atoms with Crippen LogP contribution in [0, 0.1) is 12.7 Å². The van der Waals surface area contributed by atoms with Gasteiger partial charge < -0.3 is 15.2 Å². The highest BCUT2D eigenvalue weighted by Gasteiger charge is 2.15. The Morgan fingerprint density at radius 2 is 2.23 bits per heavy atom. The number of methoxy groups -OCH3 is 1. The Kier molecular flexibility index (Phi) is 5.27. The van der Waals surface area contributed by atoms with Crippen molar-refractivity contribution in [2.45, 2.75) is 19.8 Å². The molecule has 1 aromatic carbocycles. The van der Waals surface area contributed by atoms with Gasteiger partial charge in [0.05, 0.1) is 11.9 Å². The zero-order valence-electron chi connectivity index (χ0n) is 12.6. The summed E-state index contributed by atoms with van der Waals surface area (Å²) < 4.78 is 18.6. The van der Waals surface area contributed by atoms with Crippen LogP contribution in [0.25, 0.3) is 10.9 Å². The molecule has 0 aliphatic heterocycles. The Morgan fingerprint density at radius 1 is 1.45 bits per heavy atom. The predicted molar refractivity (Wildman–Crippen MR) is 82.8 cm³/mol. The fraction of sp³-hybridized carbons (Fsp3) is 0.375. The topological polar surface area (TPSA) is 71.5 Å². The second-order valence-corrected chi connectivity index (χ2v) is 5.06. The van der Waals surface area contributed by atoms with E-state index in [1.165, 1.54) is 12.1 Å². The summed E-state index contributed by atoms with van der Waals surface area (Å²) in [6, 6.07) is 4.33. The van der Waals surface area contributed by atoms with Crippen LogP contribution in [0.15, 0.2) is 18.2 Å². The number of aliphatic carboxylic acids is 1. The predicted octanol–water partition coefficient (Wildman–Crippen LogP) is 2.76. The summed E-state index contributed by atoms with van der Waals surface area (Å²) in [5, 5.41) is 12.9. The average molecular weight is 306 g/mol. The first-order valence-electron chi connectivity index (χ1n) is 7.06. The molecule has 5 nitrogen and oxygen atoms in total. The lowest BCUT2D eigenvalue weighted by atomic mass is 10.0. The number of pyridine rings is 1. The van der Waals surface area contributed by atoms with Gasteiger partial charge in [0.25, 0.3) is 0 Å². The maximum absolute atomic E-state index is 13.6. The van der Waals surface area contributed by atoms with E-state index in [-0.39, 0.29) is 12.2 Å². The number of nitrogens with one attached hydrogen (secondary N) is 1. The Labute approximate surface area is 128 Å². The number of nitrogens with zero attached hydrogens (tertiary/aromatic N) is 1. The molecule has 0 unspecified atom stereocenters. The van der Waals surface area contributed by atoms with Crippen LogP contribution in [0.2, 0.25) is 0 Å². The van der Waals surface area contributed by atoms with Gasteiger partial charge in [0, 0.05) is 42.6 Å². The Balaban J connectivity index is 2.48. The van der Waals surface area contributed by atoms with Gasteiger partial charge >= 0.3 is 5.97 Å². The quantitative estimate of drug-likeness (QED) is 0.770. The highest BCUT2D eigenvalue weighted by atomic mass is 19.1. The first-order valence-corrected chi connectivity index (χ1v) is 7.06. The summed E-state index contributed by atoms with van der Waals surface area (Å²) in [5.74, 6) is -1.32. The van der Waals surface area contributed by atoms with Gasteiger partial charge in [0.2, 0.25) is 0 Å². The zero-order chi connectivity index (χ0) is 16.1. The third kappa shape index (κ3) is 3.71. The van der Waals surface area contributed by atoms with Gasteiger partial charge in [-0.25, -0.2) is 4.39 Å². The van der Waals surface area contributed by atoms with Crippen molar-refractivity contribution >= 4 is 22.6 Å². The van der Waals surface area contributed by atoms with E-state index >= 15 is 0 Å². The van der Waals surface area contributed by atoms with Crippen LogP contribution in [0.1, 0.15) is 17.7 Å². The van der Waals surface area contributed by atoms with Gasteiger partial charge in [0.15, 0.2) is 0 Å². The average Bonchev–Trinajstić information content (AvgIpc) is 2.46. The number of aryl methyl sites for hydroxylation is 1. The maximum atomic E-state index is 13.6. The van der Waals surface area contributed by atoms with Gasteiger partial charge in [0.1, 0.15) is 5.82 Å². The van der Waals surface area contributed by atoms with E-state index in [1.807, 2.05) is 0 Å². The number of carboxylic acid groups (broad SMARTS) is 1. The molecule has 0 amide bonds. The second kappa shape index (κ2) is 7.17. The minimum absolute atomic E-state index is 0.155. The minimum Gasteiger partial charge on any atom is -0.481 e. The van der Waals surface area contributed by atoms with Crippen molar-refractivity contribution in [3.8, 4) is 0 Å². The van der Waals surface area contributed by atoms with Crippen molar-refractivity contribution in [1.82, 2.24) is 4.98 Å². The molecule has 1 heterocycles. The number of fused-ring (bicyclic) bond motifs is 1. The smallest absolute Gasteiger partial charge is 0.307 e. The molecule has 22 heavy (non-hydrogen) atoms. The van der Waals surface area contributed by atoms with Crippen LogP contribution in [-0.4, -0.2) is 36.3 Å². The van der Waals surface area contributed by atoms with Gasteiger partial charge in [-0.3, -0.25) is 9.78 Å². The molecular weight excluding hydrogens is 287 g/mol. The number of hydrogen-bond acceptors (Lipinski definition) is 4. The summed E-state index contributed by atoms with van der Waals surface area (Å²) in [6.45, 7) is 2.97. The van der Waals surface area contributed by atoms with E-state index in [0.717, 1.165) is 6.42 Å².